The van der Waals surface area contributed by atoms with Gasteiger partial charge in [-0.25, -0.2) is 0 Å². The van der Waals surface area contributed by atoms with Gasteiger partial charge in [-0.3, -0.25) is 9.59 Å². The van der Waals surface area contributed by atoms with E-state index < -0.39 is 0 Å². The minimum Gasteiger partial charge on any atom is -0.491 e. The lowest BCUT2D eigenvalue weighted by Gasteiger charge is -2.37. The Morgan fingerprint density at radius 3 is 2.71 bits per heavy atom. The molecule has 0 bridgehead atoms. The van der Waals surface area contributed by atoms with Crippen molar-refractivity contribution in [2.24, 2.45) is 0 Å². The molecule has 1 fully saturated rings. The average molecular weight is 501 g/mol. The lowest BCUT2D eigenvalue weighted by molar-refractivity contribution is -0.145. The molecule has 2 aromatic rings. The van der Waals surface area contributed by atoms with Crippen LogP contribution in [0, 0.1) is 0 Å². The number of ether oxygens (including phenoxy) is 3. The van der Waals surface area contributed by atoms with Gasteiger partial charge in [-0.15, -0.1) is 11.3 Å². The summed E-state index contributed by atoms with van der Waals surface area (Å²) < 4.78 is 17.0. The number of carbonyl (C=O) groups excluding carboxylic acids is 2. The molecule has 2 amide bonds. The van der Waals surface area contributed by atoms with Gasteiger partial charge in [-0.05, 0) is 59.9 Å². The van der Waals surface area contributed by atoms with Crippen LogP contribution in [0.15, 0.2) is 35.7 Å². The number of fused-ring (bicyclic) bond motifs is 1. The Balaban J connectivity index is 1.47. The molecule has 0 saturated carbocycles. The van der Waals surface area contributed by atoms with Crippen LogP contribution in [0.2, 0.25) is 0 Å². The highest BCUT2D eigenvalue weighted by atomic mass is 32.1. The SMILES string of the molecule is COCC(=O)N(CC(=O)N1CCc2sccc2[C@H]1COc1ccc(C(C)C)cc1)C[C@H]1CCCO1. The summed E-state index contributed by atoms with van der Waals surface area (Å²) in [6.07, 6.45) is 2.67. The average Bonchev–Trinajstić information content (AvgIpc) is 3.54. The second kappa shape index (κ2) is 12.0. The van der Waals surface area contributed by atoms with Crippen LogP contribution >= 0.6 is 11.3 Å². The van der Waals surface area contributed by atoms with Crippen LogP contribution < -0.4 is 4.74 Å². The monoisotopic (exact) mass is 500 g/mol. The molecule has 2 aliphatic rings. The predicted octanol–water partition coefficient (Wildman–Crippen LogP) is 4.03. The topological polar surface area (TPSA) is 68.3 Å². The highest BCUT2D eigenvalue weighted by Crippen LogP contribution is 2.34. The zero-order chi connectivity index (χ0) is 24.8. The van der Waals surface area contributed by atoms with Crippen molar-refractivity contribution in [3.05, 3.63) is 51.7 Å². The number of carbonyl (C=O) groups is 2. The largest absolute Gasteiger partial charge is 0.491 e. The summed E-state index contributed by atoms with van der Waals surface area (Å²) in [6.45, 7) is 6.39. The first-order valence-electron chi connectivity index (χ1n) is 12.4. The molecule has 2 aliphatic heterocycles. The van der Waals surface area contributed by atoms with E-state index in [9.17, 15) is 9.59 Å². The number of methoxy groups -OCH3 is 1. The van der Waals surface area contributed by atoms with Crippen LogP contribution in [-0.4, -0.2) is 74.3 Å². The van der Waals surface area contributed by atoms with Crippen molar-refractivity contribution in [1.82, 2.24) is 9.80 Å². The number of benzene rings is 1. The summed E-state index contributed by atoms with van der Waals surface area (Å²) in [7, 11) is 1.49. The van der Waals surface area contributed by atoms with Crippen molar-refractivity contribution in [1.29, 1.82) is 0 Å². The van der Waals surface area contributed by atoms with Crippen molar-refractivity contribution < 1.29 is 23.8 Å². The zero-order valence-electron chi connectivity index (χ0n) is 20.9. The Morgan fingerprint density at radius 1 is 1.23 bits per heavy atom. The molecule has 0 spiro atoms. The van der Waals surface area contributed by atoms with E-state index >= 15 is 0 Å². The lowest BCUT2D eigenvalue weighted by Crippen LogP contribution is -2.49. The number of hydrogen-bond acceptors (Lipinski definition) is 6. The number of amides is 2. The van der Waals surface area contributed by atoms with Crippen molar-refractivity contribution in [3.8, 4) is 5.75 Å². The molecule has 7 nitrogen and oxygen atoms in total. The summed E-state index contributed by atoms with van der Waals surface area (Å²) in [5, 5.41) is 2.08. The molecule has 8 heteroatoms. The highest BCUT2D eigenvalue weighted by Gasteiger charge is 2.34. The smallest absolute Gasteiger partial charge is 0.249 e. The number of nitrogens with zero attached hydrogens (tertiary/aromatic N) is 2. The van der Waals surface area contributed by atoms with Gasteiger partial charge in [0.05, 0.1) is 18.7 Å². The summed E-state index contributed by atoms with van der Waals surface area (Å²) in [5.74, 6) is 0.984. The molecule has 35 heavy (non-hydrogen) atoms. The van der Waals surface area contributed by atoms with Crippen LogP contribution in [0.4, 0.5) is 0 Å². The van der Waals surface area contributed by atoms with Gasteiger partial charge in [0.2, 0.25) is 11.8 Å². The fraction of sp³-hybridized carbons (Fsp3) is 0.556. The molecule has 1 saturated heterocycles. The standard InChI is InChI=1S/C27H36N2O5S/c1-19(2)20-6-8-21(9-7-20)34-17-24-23-11-14-35-25(23)10-12-29(24)26(30)16-28(27(31)18-32-3)15-22-5-4-13-33-22/h6-9,11,14,19,22,24H,4-5,10,12-13,15-18H2,1-3H3/t22-,24-/m1/s1. The predicted molar refractivity (Wildman–Crippen MR) is 136 cm³/mol. The van der Waals surface area contributed by atoms with Crippen LogP contribution in [0.25, 0.3) is 0 Å². The van der Waals surface area contributed by atoms with E-state index in [0.29, 0.717) is 32.2 Å². The maximum absolute atomic E-state index is 13.6. The Labute approximate surface area is 212 Å². The van der Waals surface area contributed by atoms with E-state index in [1.165, 1.54) is 17.6 Å². The van der Waals surface area contributed by atoms with Crippen molar-refractivity contribution >= 4 is 23.2 Å². The molecular formula is C27H36N2O5S. The normalized spacial score (nSPS) is 19.6. The van der Waals surface area contributed by atoms with E-state index in [4.69, 9.17) is 14.2 Å². The Kier molecular flexibility index (Phi) is 8.81. The Hall–Kier alpha value is -2.42. The van der Waals surface area contributed by atoms with Crippen molar-refractivity contribution in [2.45, 2.75) is 51.2 Å². The molecule has 2 atom stereocenters. The van der Waals surface area contributed by atoms with Gasteiger partial charge < -0.3 is 24.0 Å². The van der Waals surface area contributed by atoms with E-state index in [2.05, 4.69) is 37.4 Å². The molecular weight excluding hydrogens is 464 g/mol. The van der Waals surface area contributed by atoms with Gasteiger partial charge in [0, 0.05) is 31.7 Å². The summed E-state index contributed by atoms with van der Waals surface area (Å²) >= 11 is 1.73. The van der Waals surface area contributed by atoms with Gasteiger partial charge in [0.25, 0.3) is 0 Å². The van der Waals surface area contributed by atoms with Gasteiger partial charge >= 0.3 is 0 Å². The van der Waals surface area contributed by atoms with Gasteiger partial charge in [0.1, 0.15) is 19.0 Å². The molecule has 4 rings (SSSR count). The van der Waals surface area contributed by atoms with Crippen molar-refractivity contribution in [2.75, 3.05) is 46.6 Å². The number of hydrogen-bond donors (Lipinski definition) is 0. The minimum atomic E-state index is -0.192. The second-order valence-electron chi connectivity index (χ2n) is 9.53. The third-order valence-electron chi connectivity index (χ3n) is 6.76. The first kappa shape index (κ1) is 25.7. The third kappa shape index (κ3) is 6.42. The quantitative estimate of drug-likeness (QED) is 0.493. The maximum atomic E-state index is 13.6. The Bertz CT molecular complexity index is 984. The highest BCUT2D eigenvalue weighted by molar-refractivity contribution is 7.10. The lowest BCUT2D eigenvalue weighted by atomic mass is 10.00. The fourth-order valence-corrected chi connectivity index (χ4v) is 5.68. The van der Waals surface area contributed by atoms with Crippen LogP contribution in [0.3, 0.4) is 0 Å². The molecule has 0 N–H and O–H groups in total. The number of rotatable bonds is 10. The molecule has 3 heterocycles. The maximum Gasteiger partial charge on any atom is 0.249 e. The second-order valence-corrected chi connectivity index (χ2v) is 10.5. The first-order chi connectivity index (χ1) is 17.0. The molecule has 0 unspecified atom stereocenters. The van der Waals surface area contributed by atoms with Gasteiger partial charge in [0.15, 0.2) is 0 Å². The summed E-state index contributed by atoms with van der Waals surface area (Å²) in [4.78, 5) is 31.0. The van der Waals surface area contributed by atoms with Crippen LogP contribution in [0.5, 0.6) is 5.75 Å². The molecule has 1 aromatic carbocycles. The molecule has 0 aliphatic carbocycles. The van der Waals surface area contributed by atoms with E-state index in [0.717, 1.165) is 30.6 Å². The van der Waals surface area contributed by atoms with E-state index in [-0.39, 0.29) is 37.1 Å². The first-order valence-corrected chi connectivity index (χ1v) is 13.3. The molecule has 1 aromatic heterocycles. The minimum absolute atomic E-state index is 0.0150. The summed E-state index contributed by atoms with van der Waals surface area (Å²) in [5.41, 5.74) is 2.40. The fourth-order valence-electron chi connectivity index (χ4n) is 4.76. The van der Waals surface area contributed by atoms with Crippen LogP contribution in [-0.2, 0) is 25.5 Å². The molecule has 190 valence electrons. The van der Waals surface area contributed by atoms with E-state index in [1.807, 2.05) is 17.0 Å². The van der Waals surface area contributed by atoms with Crippen molar-refractivity contribution in [3.63, 3.8) is 0 Å². The Morgan fingerprint density at radius 2 is 2.03 bits per heavy atom. The van der Waals surface area contributed by atoms with Crippen LogP contribution in [0.1, 0.15) is 54.7 Å². The van der Waals surface area contributed by atoms with Gasteiger partial charge in [-0.2, -0.15) is 0 Å². The van der Waals surface area contributed by atoms with Gasteiger partial charge in [-0.1, -0.05) is 26.0 Å². The third-order valence-corrected chi connectivity index (χ3v) is 7.76. The number of thiophene rings is 1. The zero-order valence-corrected chi connectivity index (χ0v) is 21.7. The van der Waals surface area contributed by atoms with E-state index in [1.54, 1.807) is 16.2 Å². The molecule has 0 radical (unpaired) electrons. The summed E-state index contributed by atoms with van der Waals surface area (Å²) in [6, 6.07) is 10.1.